The van der Waals surface area contributed by atoms with Crippen molar-refractivity contribution in [3.05, 3.63) is 28.8 Å². The molecule has 5 nitrogen and oxygen atoms in total. The van der Waals surface area contributed by atoms with Gasteiger partial charge in [0.1, 0.15) is 5.75 Å². The van der Waals surface area contributed by atoms with Crippen molar-refractivity contribution >= 4 is 23.5 Å². The van der Waals surface area contributed by atoms with Gasteiger partial charge in [-0.05, 0) is 30.5 Å². The summed E-state index contributed by atoms with van der Waals surface area (Å²) < 4.78 is 0. The number of hydrogen-bond donors (Lipinski definition) is 3. The first kappa shape index (κ1) is 15.3. The fraction of sp³-hybridized carbons (Fsp3) is 0.385. The molecule has 0 aliphatic heterocycles. The van der Waals surface area contributed by atoms with Gasteiger partial charge in [-0.15, -0.1) is 0 Å². The zero-order chi connectivity index (χ0) is 14.4. The van der Waals surface area contributed by atoms with E-state index in [2.05, 4.69) is 5.32 Å². The fourth-order valence-corrected chi connectivity index (χ4v) is 1.67. The van der Waals surface area contributed by atoms with E-state index in [-0.39, 0.29) is 29.0 Å². The van der Waals surface area contributed by atoms with Gasteiger partial charge in [-0.3, -0.25) is 9.59 Å². The molecule has 3 N–H and O–H groups in total. The summed E-state index contributed by atoms with van der Waals surface area (Å²) >= 11 is 5.71. The number of nitrogens with one attached hydrogen (secondary N) is 1. The van der Waals surface area contributed by atoms with Crippen LogP contribution in [0.2, 0.25) is 5.02 Å². The van der Waals surface area contributed by atoms with Crippen molar-refractivity contribution in [2.24, 2.45) is 5.92 Å². The van der Waals surface area contributed by atoms with Gasteiger partial charge < -0.3 is 15.5 Å². The Morgan fingerprint density at radius 1 is 1.42 bits per heavy atom. The van der Waals surface area contributed by atoms with Crippen molar-refractivity contribution in [3.8, 4) is 5.75 Å². The Balaban J connectivity index is 2.46. The molecule has 1 atom stereocenters. The molecule has 0 radical (unpaired) electrons. The van der Waals surface area contributed by atoms with Crippen LogP contribution in [0.4, 0.5) is 0 Å². The molecule has 1 rings (SSSR count). The summed E-state index contributed by atoms with van der Waals surface area (Å²) in [4.78, 5) is 22.2. The molecule has 104 valence electrons. The Bertz CT molecular complexity index is 476. The van der Waals surface area contributed by atoms with Crippen molar-refractivity contribution in [1.82, 2.24) is 5.32 Å². The van der Waals surface area contributed by atoms with E-state index >= 15 is 0 Å². The highest BCUT2D eigenvalue weighted by Gasteiger charge is 2.10. The molecule has 0 heterocycles. The zero-order valence-corrected chi connectivity index (χ0v) is 11.3. The smallest absolute Gasteiger partial charge is 0.303 e. The number of phenols is 1. The van der Waals surface area contributed by atoms with Crippen molar-refractivity contribution in [3.63, 3.8) is 0 Å². The van der Waals surface area contributed by atoms with Gasteiger partial charge in [0.25, 0.3) is 5.91 Å². The SMILES string of the molecule is CC(CCC(=O)O)CNC(=O)c1ccc(O)c(Cl)c1. The average Bonchev–Trinajstić information content (AvgIpc) is 2.36. The first-order chi connectivity index (χ1) is 8.90. The number of amides is 1. The lowest BCUT2D eigenvalue weighted by Gasteiger charge is -2.11. The molecule has 1 aromatic carbocycles. The summed E-state index contributed by atoms with van der Waals surface area (Å²) in [6, 6.07) is 4.21. The lowest BCUT2D eigenvalue weighted by Crippen LogP contribution is -2.28. The van der Waals surface area contributed by atoms with Gasteiger partial charge in [-0.1, -0.05) is 18.5 Å². The van der Waals surface area contributed by atoms with E-state index in [1.165, 1.54) is 18.2 Å². The van der Waals surface area contributed by atoms with Crippen LogP contribution >= 0.6 is 11.6 Å². The molecule has 0 aliphatic rings. The van der Waals surface area contributed by atoms with E-state index in [0.717, 1.165) is 0 Å². The van der Waals surface area contributed by atoms with E-state index in [4.69, 9.17) is 16.7 Å². The molecular formula is C13H16ClNO4. The lowest BCUT2D eigenvalue weighted by molar-refractivity contribution is -0.137. The Kier molecular flexibility index (Phi) is 5.63. The van der Waals surface area contributed by atoms with Gasteiger partial charge in [0.05, 0.1) is 5.02 Å². The Morgan fingerprint density at radius 3 is 2.68 bits per heavy atom. The molecule has 0 aliphatic carbocycles. The topological polar surface area (TPSA) is 86.6 Å². The van der Waals surface area contributed by atoms with E-state index in [1.54, 1.807) is 0 Å². The van der Waals surface area contributed by atoms with Crippen molar-refractivity contribution in [1.29, 1.82) is 0 Å². The van der Waals surface area contributed by atoms with Crippen molar-refractivity contribution in [2.75, 3.05) is 6.54 Å². The third kappa shape index (κ3) is 5.18. The number of carboxylic acids is 1. The van der Waals surface area contributed by atoms with Gasteiger partial charge in [0, 0.05) is 18.5 Å². The van der Waals surface area contributed by atoms with Gasteiger partial charge >= 0.3 is 5.97 Å². The van der Waals surface area contributed by atoms with E-state index in [9.17, 15) is 14.7 Å². The molecule has 1 amide bonds. The maximum absolute atomic E-state index is 11.8. The highest BCUT2D eigenvalue weighted by atomic mass is 35.5. The number of hydrogen-bond acceptors (Lipinski definition) is 3. The predicted octanol–water partition coefficient (Wildman–Crippen LogP) is 2.28. The van der Waals surface area contributed by atoms with E-state index in [0.29, 0.717) is 18.5 Å². The molecule has 0 spiro atoms. The van der Waals surface area contributed by atoms with Crippen LogP contribution in [0, 0.1) is 5.92 Å². The summed E-state index contributed by atoms with van der Waals surface area (Å²) in [5.41, 5.74) is 0.355. The van der Waals surface area contributed by atoms with Crippen LogP contribution in [0.1, 0.15) is 30.1 Å². The van der Waals surface area contributed by atoms with Crippen LogP contribution in [-0.2, 0) is 4.79 Å². The summed E-state index contributed by atoms with van der Waals surface area (Å²) in [7, 11) is 0. The second-order valence-electron chi connectivity index (χ2n) is 4.41. The number of halogens is 1. The molecule has 0 aromatic heterocycles. The predicted molar refractivity (Wildman–Crippen MR) is 71.5 cm³/mol. The van der Waals surface area contributed by atoms with Gasteiger partial charge in [0.2, 0.25) is 0 Å². The van der Waals surface area contributed by atoms with E-state index in [1.807, 2.05) is 6.92 Å². The van der Waals surface area contributed by atoms with Crippen LogP contribution in [-0.4, -0.2) is 28.6 Å². The average molecular weight is 286 g/mol. The Hall–Kier alpha value is -1.75. The van der Waals surface area contributed by atoms with E-state index < -0.39 is 5.97 Å². The number of aliphatic carboxylic acids is 1. The normalized spacial score (nSPS) is 11.9. The summed E-state index contributed by atoms with van der Waals surface area (Å²) in [6.07, 6.45) is 0.591. The lowest BCUT2D eigenvalue weighted by atomic mass is 10.1. The minimum Gasteiger partial charge on any atom is -0.506 e. The second-order valence-corrected chi connectivity index (χ2v) is 4.82. The summed E-state index contributed by atoms with van der Waals surface area (Å²) in [6.45, 7) is 2.26. The van der Waals surface area contributed by atoms with Gasteiger partial charge in [0.15, 0.2) is 0 Å². The third-order valence-electron chi connectivity index (χ3n) is 2.67. The number of aromatic hydroxyl groups is 1. The molecule has 1 unspecified atom stereocenters. The van der Waals surface area contributed by atoms with Crippen LogP contribution in [0.25, 0.3) is 0 Å². The molecule has 19 heavy (non-hydrogen) atoms. The first-order valence-electron chi connectivity index (χ1n) is 5.88. The summed E-state index contributed by atoms with van der Waals surface area (Å²) in [5, 5.41) is 20.6. The number of carbonyl (C=O) groups excluding carboxylic acids is 1. The molecule has 1 aromatic rings. The quantitative estimate of drug-likeness (QED) is 0.748. The van der Waals surface area contributed by atoms with Gasteiger partial charge in [-0.2, -0.15) is 0 Å². The summed E-state index contributed by atoms with van der Waals surface area (Å²) in [5.74, 6) is -1.15. The van der Waals surface area contributed by atoms with Crippen LogP contribution in [0.5, 0.6) is 5.75 Å². The molecule has 0 fully saturated rings. The Morgan fingerprint density at radius 2 is 2.11 bits per heavy atom. The molecule has 6 heteroatoms. The van der Waals surface area contributed by atoms with Gasteiger partial charge in [-0.25, -0.2) is 0 Å². The minimum atomic E-state index is -0.844. The zero-order valence-electron chi connectivity index (χ0n) is 10.5. The molecule has 0 bridgehead atoms. The van der Waals surface area contributed by atoms with Crippen LogP contribution in [0.3, 0.4) is 0 Å². The number of benzene rings is 1. The molecule has 0 saturated carbocycles. The first-order valence-corrected chi connectivity index (χ1v) is 6.26. The molecular weight excluding hydrogens is 270 g/mol. The Labute approximate surface area is 116 Å². The standard InChI is InChI=1S/C13H16ClNO4/c1-8(2-5-12(17)18)7-15-13(19)9-3-4-11(16)10(14)6-9/h3-4,6,8,16H,2,5,7H2,1H3,(H,15,19)(H,17,18). The van der Waals surface area contributed by atoms with Crippen molar-refractivity contribution in [2.45, 2.75) is 19.8 Å². The molecule has 0 saturated heterocycles. The highest BCUT2D eigenvalue weighted by molar-refractivity contribution is 6.32. The largest absolute Gasteiger partial charge is 0.506 e. The van der Waals surface area contributed by atoms with Crippen LogP contribution in [0.15, 0.2) is 18.2 Å². The number of carbonyl (C=O) groups is 2. The van der Waals surface area contributed by atoms with Crippen LogP contribution < -0.4 is 5.32 Å². The number of rotatable bonds is 6. The number of phenolic OH excluding ortho intramolecular Hbond substituents is 1. The third-order valence-corrected chi connectivity index (χ3v) is 2.97. The number of carboxylic acid groups (broad SMARTS) is 1. The second kappa shape index (κ2) is 6.99. The maximum Gasteiger partial charge on any atom is 0.303 e. The van der Waals surface area contributed by atoms with Crippen molar-refractivity contribution < 1.29 is 19.8 Å². The minimum absolute atomic E-state index is 0.0759. The highest BCUT2D eigenvalue weighted by Crippen LogP contribution is 2.23. The fourth-order valence-electron chi connectivity index (χ4n) is 1.49. The monoisotopic (exact) mass is 285 g/mol. The maximum atomic E-state index is 11.8.